The second kappa shape index (κ2) is 9.92. The van der Waals surface area contributed by atoms with Gasteiger partial charge in [-0.25, -0.2) is 4.79 Å². The summed E-state index contributed by atoms with van der Waals surface area (Å²) in [5, 5.41) is 14.9. The average Bonchev–Trinajstić information content (AvgIpc) is 3.45. The number of carbonyl (C=O) groups is 3. The van der Waals surface area contributed by atoms with Crippen LogP contribution in [0.5, 0.6) is 0 Å². The summed E-state index contributed by atoms with van der Waals surface area (Å²) >= 11 is 0. The molecule has 5 rings (SSSR count). The van der Waals surface area contributed by atoms with Gasteiger partial charge in [0.2, 0.25) is 5.91 Å². The smallest absolute Gasteiger partial charge is 0.407 e. The third-order valence-corrected chi connectivity index (χ3v) is 7.07. The van der Waals surface area contributed by atoms with E-state index in [0.717, 1.165) is 11.1 Å². The Morgan fingerprint density at radius 3 is 2.34 bits per heavy atom. The van der Waals surface area contributed by atoms with Crippen LogP contribution in [0.4, 0.5) is 4.79 Å². The van der Waals surface area contributed by atoms with Crippen LogP contribution in [0, 0.1) is 11.8 Å². The molecule has 4 atom stereocenters. The van der Waals surface area contributed by atoms with E-state index < -0.39 is 24.0 Å². The Labute approximate surface area is 203 Å². The predicted octanol–water partition coefficient (Wildman–Crippen LogP) is 3.08. The van der Waals surface area contributed by atoms with Crippen molar-refractivity contribution in [3.05, 3.63) is 71.8 Å². The van der Waals surface area contributed by atoms with Gasteiger partial charge in [0.25, 0.3) is 0 Å². The minimum absolute atomic E-state index is 0.0237. The minimum atomic E-state index is -0.980. The molecule has 0 spiro atoms. The van der Waals surface area contributed by atoms with Crippen LogP contribution >= 0.6 is 0 Å². The van der Waals surface area contributed by atoms with E-state index in [0.29, 0.717) is 12.8 Å². The topological polar surface area (TPSA) is 114 Å². The van der Waals surface area contributed by atoms with Crippen molar-refractivity contribution in [2.75, 3.05) is 19.8 Å². The van der Waals surface area contributed by atoms with Gasteiger partial charge < -0.3 is 25.2 Å². The van der Waals surface area contributed by atoms with Crippen LogP contribution in [0.2, 0.25) is 0 Å². The SMILES string of the molecule is O=C(N[C@@H]1C=CC[C@@H](C(=O)NC2COCC2C(=O)O)C1)OCC1c2ccccc2-c2ccccc21. The number of carbonyl (C=O) groups excluding carboxylic acids is 2. The molecule has 1 heterocycles. The monoisotopic (exact) mass is 476 g/mol. The van der Waals surface area contributed by atoms with Crippen molar-refractivity contribution in [1.82, 2.24) is 10.6 Å². The van der Waals surface area contributed by atoms with Crippen LogP contribution in [0.15, 0.2) is 60.7 Å². The predicted molar refractivity (Wildman–Crippen MR) is 128 cm³/mol. The fourth-order valence-corrected chi connectivity index (χ4v) is 5.24. The van der Waals surface area contributed by atoms with Crippen molar-refractivity contribution >= 4 is 18.0 Å². The highest BCUT2D eigenvalue weighted by atomic mass is 16.5. The highest BCUT2D eigenvalue weighted by Gasteiger charge is 2.37. The summed E-state index contributed by atoms with van der Waals surface area (Å²) in [6, 6.07) is 15.4. The van der Waals surface area contributed by atoms with E-state index in [1.165, 1.54) is 11.1 Å². The molecule has 2 unspecified atom stereocenters. The number of amides is 2. The number of benzene rings is 2. The molecule has 8 heteroatoms. The van der Waals surface area contributed by atoms with E-state index in [-0.39, 0.29) is 43.6 Å². The molecule has 1 fully saturated rings. The van der Waals surface area contributed by atoms with Crippen LogP contribution in [0.3, 0.4) is 0 Å². The number of rotatable bonds is 6. The van der Waals surface area contributed by atoms with Gasteiger partial charge in [0.1, 0.15) is 12.5 Å². The number of fused-ring (bicyclic) bond motifs is 3. The lowest BCUT2D eigenvalue weighted by Crippen LogP contribution is -2.47. The second-order valence-corrected chi connectivity index (χ2v) is 9.27. The summed E-state index contributed by atoms with van der Waals surface area (Å²) in [5.74, 6) is -2.34. The molecule has 2 aliphatic carbocycles. The molecule has 1 aliphatic heterocycles. The Balaban J connectivity index is 1.15. The molecule has 0 aromatic heterocycles. The van der Waals surface area contributed by atoms with Crippen LogP contribution in [0.1, 0.15) is 29.9 Å². The molecule has 2 aromatic carbocycles. The fourth-order valence-electron chi connectivity index (χ4n) is 5.24. The van der Waals surface area contributed by atoms with Gasteiger partial charge in [-0.3, -0.25) is 9.59 Å². The second-order valence-electron chi connectivity index (χ2n) is 9.27. The Hall–Kier alpha value is -3.65. The van der Waals surface area contributed by atoms with Crippen molar-refractivity contribution in [3.8, 4) is 11.1 Å². The van der Waals surface area contributed by atoms with Crippen molar-refractivity contribution in [2.24, 2.45) is 11.8 Å². The van der Waals surface area contributed by atoms with Gasteiger partial charge in [0.05, 0.1) is 25.3 Å². The van der Waals surface area contributed by atoms with Gasteiger partial charge in [0, 0.05) is 11.8 Å². The maximum atomic E-state index is 12.7. The first-order valence-electron chi connectivity index (χ1n) is 11.9. The molecule has 0 saturated carbocycles. The molecule has 182 valence electrons. The minimum Gasteiger partial charge on any atom is -0.481 e. The summed E-state index contributed by atoms with van der Waals surface area (Å²) in [6.07, 6.45) is 4.14. The maximum absolute atomic E-state index is 12.7. The van der Waals surface area contributed by atoms with E-state index >= 15 is 0 Å². The van der Waals surface area contributed by atoms with Gasteiger partial charge in [0.15, 0.2) is 0 Å². The molecule has 0 bridgehead atoms. The zero-order valence-electron chi connectivity index (χ0n) is 19.2. The Bertz CT molecular complexity index is 1120. The van der Waals surface area contributed by atoms with Gasteiger partial charge in [-0.2, -0.15) is 0 Å². The fraction of sp³-hybridized carbons (Fsp3) is 0.370. The summed E-state index contributed by atoms with van der Waals surface area (Å²) in [5.41, 5.74) is 4.62. The molecular weight excluding hydrogens is 448 g/mol. The molecule has 3 aliphatic rings. The number of carboxylic acids is 1. The molecular formula is C27H28N2O6. The highest BCUT2D eigenvalue weighted by molar-refractivity contribution is 5.81. The van der Waals surface area contributed by atoms with Gasteiger partial charge in [-0.1, -0.05) is 60.7 Å². The lowest BCUT2D eigenvalue weighted by Gasteiger charge is -2.26. The number of hydrogen-bond donors (Lipinski definition) is 3. The standard InChI is InChI=1S/C27H28N2O6/c30-25(29-24-15-34-13-23(24)26(31)32)16-6-5-7-17(12-16)28-27(33)35-14-22-20-10-3-1-8-18(20)19-9-2-4-11-21(19)22/h1-5,7-11,16-17,22-24H,6,12-15H2,(H,28,33)(H,29,30)(H,31,32)/t16-,17-,23?,24?/m1/s1. The van der Waals surface area contributed by atoms with Gasteiger partial charge in [-0.15, -0.1) is 0 Å². The number of alkyl carbamates (subject to hydrolysis) is 1. The number of carboxylic acid groups (broad SMARTS) is 1. The lowest BCUT2D eigenvalue weighted by atomic mass is 9.89. The number of ether oxygens (including phenoxy) is 2. The van der Waals surface area contributed by atoms with Crippen molar-refractivity contribution in [1.29, 1.82) is 0 Å². The Morgan fingerprint density at radius 2 is 1.66 bits per heavy atom. The molecule has 1 saturated heterocycles. The number of hydrogen-bond acceptors (Lipinski definition) is 5. The van der Waals surface area contributed by atoms with Gasteiger partial charge >= 0.3 is 12.1 Å². The van der Waals surface area contributed by atoms with E-state index in [1.807, 2.05) is 36.4 Å². The number of aliphatic carboxylic acids is 1. The average molecular weight is 477 g/mol. The summed E-state index contributed by atoms with van der Waals surface area (Å²) < 4.78 is 10.8. The summed E-state index contributed by atoms with van der Waals surface area (Å²) in [4.78, 5) is 36.7. The molecule has 8 nitrogen and oxygen atoms in total. The van der Waals surface area contributed by atoms with Crippen LogP contribution in [-0.4, -0.2) is 55.0 Å². The van der Waals surface area contributed by atoms with Crippen LogP contribution in [0.25, 0.3) is 11.1 Å². The van der Waals surface area contributed by atoms with Crippen molar-refractivity contribution in [3.63, 3.8) is 0 Å². The Kier molecular flexibility index (Phi) is 6.55. The van der Waals surface area contributed by atoms with Crippen molar-refractivity contribution < 1.29 is 29.0 Å². The first-order valence-corrected chi connectivity index (χ1v) is 11.9. The lowest BCUT2D eigenvalue weighted by molar-refractivity contribution is -0.142. The van der Waals surface area contributed by atoms with Gasteiger partial charge in [-0.05, 0) is 35.1 Å². The molecule has 2 amide bonds. The van der Waals surface area contributed by atoms with E-state index in [4.69, 9.17) is 9.47 Å². The zero-order valence-corrected chi connectivity index (χ0v) is 19.2. The zero-order chi connectivity index (χ0) is 24.4. The van der Waals surface area contributed by atoms with E-state index in [9.17, 15) is 19.5 Å². The number of allylic oxidation sites excluding steroid dienone is 1. The van der Waals surface area contributed by atoms with Crippen LogP contribution in [-0.2, 0) is 19.1 Å². The van der Waals surface area contributed by atoms with Crippen LogP contribution < -0.4 is 10.6 Å². The first kappa shape index (κ1) is 23.1. The summed E-state index contributed by atoms with van der Waals surface area (Å²) in [6.45, 7) is 0.502. The Morgan fingerprint density at radius 1 is 0.971 bits per heavy atom. The highest BCUT2D eigenvalue weighted by Crippen LogP contribution is 2.44. The largest absolute Gasteiger partial charge is 0.481 e. The van der Waals surface area contributed by atoms with Crippen molar-refractivity contribution in [2.45, 2.75) is 30.8 Å². The number of nitrogens with one attached hydrogen (secondary N) is 2. The summed E-state index contributed by atoms with van der Waals surface area (Å²) in [7, 11) is 0. The first-order chi connectivity index (χ1) is 17.0. The third-order valence-electron chi connectivity index (χ3n) is 7.07. The maximum Gasteiger partial charge on any atom is 0.407 e. The molecule has 2 aromatic rings. The molecule has 3 N–H and O–H groups in total. The molecule has 0 radical (unpaired) electrons. The normalized spacial score (nSPS) is 24.9. The van der Waals surface area contributed by atoms with E-state index in [1.54, 1.807) is 0 Å². The molecule has 35 heavy (non-hydrogen) atoms. The van der Waals surface area contributed by atoms with E-state index in [2.05, 4.69) is 34.9 Å². The third kappa shape index (κ3) is 4.79. The quantitative estimate of drug-likeness (QED) is 0.552.